The van der Waals surface area contributed by atoms with E-state index in [0.717, 1.165) is 36.9 Å². The molecular formula is C19H22ClFN6O. The first kappa shape index (κ1) is 19.0. The van der Waals surface area contributed by atoms with Crippen LogP contribution in [0.2, 0.25) is 5.02 Å². The van der Waals surface area contributed by atoms with Gasteiger partial charge in [0, 0.05) is 43.0 Å². The van der Waals surface area contributed by atoms with Crippen molar-refractivity contribution >= 4 is 28.5 Å². The van der Waals surface area contributed by atoms with Crippen LogP contribution in [0.1, 0.15) is 12.8 Å². The normalized spacial score (nSPS) is 17.9. The lowest BCUT2D eigenvalue weighted by Crippen LogP contribution is -2.39. The number of rotatable bonds is 6. The number of likely N-dealkylation sites (tertiary alicyclic amines) is 1. The summed E-state index contributed by atoms with van der Waals surface area (Å²) >= 11 is 6.05. The predicted molar refractivity (Wildman–Crippen MR) is 107 cm³/mol. The maximum Gasteiger partial charge on any atom is 0.183 e. The van der Waals surface area contributed by atoms with Crippen molar-refractivity contribution in [2.24, 2.45) is 5.92 Å². The van der Waals surface area contributed by atoms with E-state index in [4.69, 9.17) is 16.7 Å². The van der Waals surface area contributed by atoms with Crippen LogP contribution in [0.15, 0.2) is 24.7 Å². The van der Waals surface area contributed by atoms with Gasteiger partial charge in [0.1, 0.15) is 5.65 Å². The number of aliphatic hydroxyl groups is 1. The Kier molecular flexibility index (Phi) is 5.70. The van der Waals surface area contributed by atoms with Crippen LogP contribution in [-0.2, 0) is 0 Å². The van der Waals surface area contributed by atoms with E-state index < -0.39 is 5.82 Å². The summed E-state index contributed by atoms with van der Waals surface area (Å²) in [6.45, 7) is 3.35. The molecule has 4 heterocycles. The molecule has 0 saturated carbocycles. The van der Waals surface area contributed by atoms with Crippen molar-refractivity contribution < 1.29 is 9.50 Å². The van der Waals surface area contributed by atoms with Gasteiger partial charge in [-0.25, -0.2) is 19.3 Å². The van der Waals surface area contributed by atoms with Crippen LogP contribution in [0.4, 0.5) is 10.2 Å². The number of β-amino-alcohol motifs (C(OH)–C–C–N with tert-alkyl or cyclic N) is 1. The van der Waals surface area contributed by atoms with Gasteiger partial charge in [0.25, 0.3) is 0 Å². The summed E-state index contributed by atoms with van der Waals surface area (Å²) in [6, 6.07) is 1.79. The number of aromatic nitrogens is 4. The largest absolute Gasteiger partial charge is 0.395 e. The topological polar surface area (TPSA) is 90.0 Å². The SMILES string of the molecule is OCCN1CCCC(CNc2nc(-c3c[nH]c4ncc(Cl)cc34)ncc2F)C1. The number of H-pyrrole nitrogens is 1. The minimum atomic E-state index is -0.484. The minimum absolute atomic E-state index is 0.160. The monoisotopic (exact) mass is 404 g/mol. The second kappa shape index (κ2) is 8.38. The molecule has 1 saturated heterocycles. The third-order valence-corrected chi connectivity index (χ3v) is 5.27. The van der Waals surface area contributed by atoms with Gasteiger partial charge in [-0.2, -0.15) is 0 Å². The van der Waals surface area contributed by atoms with Gasteiger partial charge in [0.2, 0.25) is 0 Å². The van der Waals surface area contributed by atoms with Crippen LogP contribution < -0.4 is 5.32 Å². The smallest absolute Gasteiger partial charge is 0.183 e. The van der Waals surface area contributed by atoms with Gasteiger partial charge in [-0.3, -0.25) is 0 Å². The lowest BCUT2D eigenvalue weighted by molar-refractivity contribution is 0.144. The third-order valence-electron chi connectivity index (χ3n) is 5.06. The summed E-state index contributed by atoms with van der Waals surface area (Å²) in [7, 11) is 0. The molecule has 0 spiro atoms. The number of pyridine rings is 1. The van der Waals surface area contributed by atoms with Crippen LogP contribution in [0.5, 0.6) is 0 Å². The molecule has 1 aliphatic rings. The molecule has 148 valence electrons. The number of hydrogen-bond acceptors (Lipinski definition) is 6. The molecule has 3 aromatic rings. The summed E-state index contributed by atoms with van der Waals surface area (Å²) in [5.74, 6) is 0.496. The summed E-state index contributed by atoms with van der Waals surface area (Å²) in [5, 5.41) is 13.6. The Hall–Kier alpha value is -2.29. The lowest BCUT2D eigenvalue weighted by atomic mass is 9.98. The molecule has 3 aromatic heterocycles. The maximum atomic E-state index is 14.3. The molecule has 0 radical (unpaired) electrons. The highest BCUT2D eigenvalue weighted by Crippen LogP contribution is 2.28. The molecule has 0 amide bonds. The van der Waals surface area contributed by atoms with Gasteiger partial charge in [-0.1, -0.05) is 11.6 Å². The van der Waals surface area contributed by atoms with Gasteiger partial charge in [-0.15, -0.1) is 0 Å². The van der Waals surface area contributed by atoms with Crippen LogP contribution in [-0.4, -0.2) is 62.7 Å². The van der Waals surface area contributed by atoms with Crippen molar-refractivity contribution in [3.05, 3.63) is 35.5 Å². The first-order valence-corrected chi connectivity index (χ1v) is 9.74. The van der Waals surface area contributed by atoms with Gasteiger partial charge in [0.05, 0.1) is 17.8 Å². The van der Waals surface area contributed by atoms with E-state index in [1.54, 1.807) is 18.5 Å². The molecule has 1 aliphatic heterocycles. The molecule has 1 atom stereocenters. The van der Waals surface area contributed by atoms with E-state index in [9.17, 15) is 4.39 Å². The molecule has 4 rings (SSSR count). The molecule has 0 aliphatic carbocycles. The number of aromatic amines is 1. The van der Waals surface area contributed by atoms with Crippen LogP contribution in [0.25, 0.3) is 22.4 Å². The van der Waals surface area contributed by atoms with Crippen LogP contribution >= 0.6 is 11.6 Å². The van der Waals surface area contributed by atoms with Crippen molar-refractivity contribution in [2.45, 2.75) is 12.8 Å². The average molecular weight is 405 g/mol. The highest BCUT2D eigenvalue weighted by atomic mass is 35.5. The Balaban J connectivity index is 1.52. The minimum Gasteiger partial charge on any atom is -0.395 e. The van der Waals surface area contributed by atoms with Gasteiger partial charge in [0.15, 0.2) is 17.5 Å². The van der Waals surface area contributed by atoms with Crippen molar-refractivity contribution in [1.82, 2.24) is 24.8 Å². The molecule has 0 aromatic carbocycles. The van der Waals surface area contributed by atoms with Crippen molar-refractivity contribution in [3.63, 3.8) is 0 Å². The quantitative estimate of drug-likeness (QED) is 0.585. The zero-order chi connectivity index (χ0) is 19.5. The van der Waals surface area contributed by atoms with Crippen molar-refractivity contribution in [1.29, 1.82) is 0 Å². The second-order valence-electron chi connectivity index (χ2n) is 7.06. The van der Waals surface area contributed by atoms with E-state index in [1.165, 1.54) is 6.20 Å². The summed E-state index contributed by atoms with van der Waals surface area (Å²) in [6.07, 6.45) is 6.64. The van der Waals surface area contributed by atoms with Crippen molar-refractivity contribution in [2.75, 3.05) is 38.1 Å². The Morgan fingerprint density at radius 1 is 1.36 bits per heavy atom. The fourth-order valence-corrected chi connectivity index (χ4v) is 3.85. The standard InChI is InChI=1S/C19H22ClFN6O/c20-13-6-14-15(9-24-17(14)23-8-13)18-25-10-16(21)19(26-18)22-7-12-2-1-3-27(11-12)4-5-28/h6,8-10,12,28H,1-5,7,11H2,(H,23,24)(H,22,25,26). The molecular weight excluding hydrogens is 383 g/mol. The Morgan fingerprint density at radius 2 is 2.25 bits per heavy atom. The summed E-state index contributed by atoms with van der Waals surface area (Å²) in [4.78, 5) is 18.1. The molecule has 28 heavy (non-hydrogen) atoms. The zero-order valence-electron chi connectivity index (χ0n) is 15.3. The van der Waals surface area contributed by atoms with Crippen molar-refractivity contribution in [3.8, 4) is 11.4 Å². The average Bonchev–Trinajstić information content (AvgIpc) is 3.11. The molecule has 9 heteroatoms. The number of anilines is 1. The molecule has 1 fully saturated rings. The first-order valence-electron chi connectivity index (χ1n) is 9.36. The third kappa shape index (κ3) is 4.09. The van der Waals surface area contributed by atoms with Crippen LogP contribution in [0.3, 0.4) is 0 Å². The highest BCUT2D eigenvalue weighted by Gasteiger charge is 2.20. The second-order valence-corrected chi connectivity index (χ2v) is 7.49. The number of nitrogens with one attached hydrogen (secondary N) is 2. The van der Waals surface area contributed by atoms with Gasteiger partial charge < -0.3 is 20.3 Å². The Labute approximate surface area is 167 Å². The first-order chi connectivity index (χ1) is 13.6. The Bertz CT molecular complexity index is 963. The van der Waals surface area contributed by atoms with E-state index in [2.05, 4.69) is 30.2 Å². The van der Waals surface area contributed by atoms with E-state index in [0.29, 0.717) is 35.5 Å². The van der Waals surface area contributed by atoms with E-state index in [-0.39, 0.29) is 12.4 Å². The van der Waals surface area contributed by atoms with Gasteiger partial charge in [-0.05, 0) is 31.4 Å². The highest BCUT2D eigenvalue weighted by molar-refractivity contribution is 6.31. The molecule has 0 bridgehead atoms. The maximum absolute atomic E-state index is 14.3. The lowest BCUT2D eigenvalue weighted by Gasteiger charge is -2.32. The Morgan fingerprint density at radius 3 is 3.11 bits per heavy atom. The van der Waals surface area contributed by atoms with Crippen LogP contribution in [0, 0.1) is 11.7 Å². The number of aliphatic hydroxyl groups excluding tert-OH is 1. The fourth-order valence-electron chi connectivity index (χ4n) is 3.69. The number of halogens is 2. The zero-order valence-corrected chi connectivity index (χ0v) is 16.1. The molecule has 3 N–H and O–H groups in total. The molecule has 7 nitrogen and oxygen atoms in total. The van der Waals surface area contributed by atoms with Gasteiger partial charge >= 0.3 is 0 Å². The fraction of sp³-hybridized carbons (Fsp3) is 0.421. The summed E-state index contributed by atoms with van der Waals surface area (Å²) < 4.78 is 14.3. The van der Waals surface area contributed by atoms with E-state index in [1.807, 2.05) is 0 Å². The predicted octanol–water partition coefficient (Wildman–Crippen LogP) is 2.93. The molecule has 1 unspecified atom stereocenters. The number of nitrogens with zero attached hydrogens (tertiary/aromatic N) is 4. The number of fused-ring (bicyclic) bond motifs is 1. The number of hydrogen-bond donors (Lipinski definition) is 3. The summed E-state index contributed by atoms with van der Waals surface area (Å²) in [5.41, 5.74) is 1.40. The number of piperidine rings is 1. The van der Waals surface area contributed by atoms with E-state index >= 15 is 0 Å².